The van der Waals surface area contributed by atoms with Crippen LogP contribution >= 0.6 is 12.2 Å². The van der Waals surface area contributed by atoms with E-state index < -0.39 is 17.2 Å². The molecule has 2 aromatic rings. The molecule has 0 aliphatic heterocycles. The SMILES string of the molecule is CC(C)(C)OC(=O)CNCc1cn([C@H]2CCc3c(F)cc(F)cc3C2)c(=S)[nH]1. The zero-order valence-corrected chi connectivity index (χ0v) is 17.1. The van der Waals surface area contributed by atoms with Gasteiger partial charge in [-0.15, -0.1) is 0 Å². The van der Waals surface area contributed by atoms with Gasteiger partial charge in [0, 0.05) is 30.5 Å². The monoisotopic (exact) mass is 409 g/mol. The van der Waals surface area contributed by atoms with Crippen molar-refractivity contribution in [2.75, 3.05) is 6.54 Å². The molecule has 0 saturated heterocycles. The highest BCUT2D eigenvalue weighted by Crippen LogP contribution is 2.31. The second-order valence-corrected chi connectivity index (χ2v) is 8.49. The first kappa shape index (κ1) is 20.7. The average molecular weight is 410 g/mol. The lowest BCUT2D eigenvalue weighted by atomic mass is 9.87. The maximum Gasteiger partial charge on any atom is 0.320 e. The van der Waals surface area contributed by atoms with Gasteiger partial charge in [0.25, 0.3) is 0 Å². The fourth-order valence-corrected chi connectivity index (χ4v) is 3.85. The first-order chi connectivity index (χ1) is 13.1. The quantitative estimate of drug-likeness (QED) is 0.579. The largest absolute Gasteiger partial charge is 0.459 e. The van der Waals surface area contributed by atoms with Gasteiger partial charge in [-0.25, -0.2) is 8.78 Å². The normalized spacial score (nSPS) is 16.7. The molecule has 0 amide bonds. The van der Waals surface area contributed by atoms with Crippen molar-refractivity contribution in [1.82, 2.24) is 14.9 Å². The van der Waals surface area contributed by atoms with Gasteiger partial charge in [-0.05, 0) is 69.4 Å². The first-order valence-corrected chi connectivity index (χ1v) is 9.72. The number of nitrogens with one attached hydrogen (secondary N) is 2. The lowest BCUT2D eigenvalue weighted by Crippen LogP contribution is -2.31. The molecule has 1 aliphatic rings. The predicted octanol–water partition coefficient (Wildman–Crippen LogP) is 3.99. The Balaban J connectivity index is 1.63. The summed E-state index contributed by atoms with van der Waals surface area (Å²) in [6.45, 7) is 5.99. The van der Waals surface area contributed by atoms with E-state index in [9.17, 15) is 13.6 Å². The maximum atomic E-state index is 13.9. The predicted molar refractivity (Wildman–Crippen MR) is 105 cm³/mol. The van der Waals surface area contributed by atoms with Crippen molar-refractivity contribution in [3.8, 4) is 0 Å². The van der Waals surface area contributed by atoms with Gasteiger partial charge in [0.05, 0.1) is 6.54 Å². The third-order valence-electron chi connectivity index (χ3n) is 4.63. The van der Waals surface area contributed by atoms with Crippen LogP contribution in [0.3, 0.4) is 0 Å². The Bertz CT molecular complexity index is 931. The van der Waals surface area contributed by atoms with Crippen LogP contribution in [-0.2, 0) is 28.9 Å². The minimum atomic E-state index is -0.554. The number of rotatable bonds is 5. The van der Waals surface area contributed by atoms with Crippen molar-refractivity contribution < 1.29 is 18.3 Å². The smallest absolute Gasteiger partial charge is 0.320 e. The number of nitrogens with zero attached hydrogens (tertiary/aromatic N) is 1. The number of ether oxygens (including phenoxy) is 1. The van der Waals surface area contributed by atoms with E-state index in [0.717, 1.165) is 18.2 Å². The van der Waals surface area contributed by atoms with Crippen molar-refractivity contribution in [2.24, 2.45) is 0 Å². The number of fused-ring (bicyclic) bond motifs is 1. The summed E-state index contributed by atoms with van der Waals surface area (Å²) >= 11 is 5.42. The van der Waals surface area contributed by atoms with Crippen LogP contribution in [0.2, 0.25) is 0 Å². The third-order valence-corrected chi connectivity index (χ3v) is 4.94. The summed E-state index contributed by atoms with van der Waals surface area (Å²) in [4.78, 5) is 14.9. The highest BCUT2D eigenvalue weighted by molar-refractivity contribution is 7.71. The van der Waals surface area contributed by atoms with Crippen LogP contribution < -0.4 is 5.32 Å². The molecule has 8 heteroatoms. The summed E-state index contributed by atoms with van der Waals surface area (Å²) in [6, 6.07) is 2.39. The van der Waals surface area contributed by atoms with E-state index in [4.69, 9.17) is 17.0 Å². The van der Waals surface area contributed by atoms with E-state index in [0.29, 0.717) is 35.3 Å². The number of imidazole rings is 1. The number of hydrogen-bond donors (Lipinski definition) is 2. The van der Waals surface area contributed by atoms with Crippen molar-refractivity contribution in [1.29, 1.82) is 0 Å². The van der Waals surface area contributed by atoms with Crippen molar-refractivity contribution in [3.05, 3.63) is 51.6 Å². The molecule has 28 heavy (non-hydrogen) atoms. The molecule has 1 atom stereocenters. The second kappa shape index (κ2) is 8.13. The van der Waals surface area contributed by atoms with Gasteiger partial charge >= 0.3 is 5.97 Å². The number of aromatic amines is 1. The summed E-state index contributed by atoms with van der Waals surface area (Å²) in [5, 5.41) is 3.03. The molecule has 0 spiro atoms. The Morgan fingerprint density at radius 2 is 2.14 bits per heavy atom. The molecular formula is C20H25F2N3O2S. The Morgan fingerprint density at radius 3 is 2.86 bits per heavy atom. The fraction of sp³-hybridized carbons (Fsp3) is 0.500. The molecule has 0 saturated carbocycles. The second-order valence-electron chi connectivity index (χ2n) is 8.10. The first-order valence-electron chi connectivity index (χ1n) is 9.32. The standard InChI is InChI=1S/C20H25F2N3O2S/c1-20(2,3)27-18(26)10-23-9-14-11-25(19(28)24-14)15-4-5-16-12(7-15)6-13(21)8-17(16)22/h6,8,11,15,23H,4-5,7,9-10H2,1-3H3,(H,24,28)/t15-/m0/s1. The number of aromatic nitrogens is 2. The van der Waals surface area contributed by atoms with Crippen LogP contribution in [0, 0.1) is 16.4 Å². The van der Waals surface area contributed by atoms with Crippen LogP contribution in [0.4, 0.5) is 8.78 Å². The van der Waals surface area contributed by atoms with Crippen LogP contribution in [0.25, 0.3) is 0 Å². The van der Waals surface area contributed by atoms with E-state index in [2.05, 4.69) is 10.3 Å². The van der Waals surface area contributed by atoms with Gasteiger partial charge in [-0.1, -0.05) is 0 Å². The molecule has 1 aromatic carbocycles. The van der Waals surface area contributed by atoms with E-state index in [1.807, 2.05) is 31.5 Å². The van der Waals surface area contributed by atoms with Crippen LogP contribution in [0.1, 0.15) is 50.1 Å². The maximum absolute atomic E-state index is 13.9. The van der Waals surface area contributed by atoms with Crippen LogP contribution in [0.5, 0.6) is 0 Å². The number of carbonyl (C=O) groups is 1. The number of esters is 1. The van der Waals surface area contributed by atoms with E-state index in [-0.39, 0.29) is 18.6 Å². The van der Waals surface area contributed by atoms with Crippen LogP contribution in [0.15, 0.2) is 18.3 Å². The van der Waals surface area contributed by atoms with E-state index in [1.165, 1.54) is 6.07 Å². The Morgan fingerprint density at radius 1 is 1.39 bits per heavy atom. The molecule has 0 fully saturated rings. The molecule has 0 radical (unpaired) electrons. The van der Waals surface area contributed by atoms with Crippen LogP contribution in [-0.4, -0.2) is 27.7 Å². The molecule has 2 N–H and O–H groups in total. The number of H-pyrrole nitrogens is 1. The van der Waals surface area contributed by atoms with Gasteiger partial charge in [0.1, 0.15) is 17.2 Å². The number of benzene rings is 1. The Hall–Kier alpha value is -2.06. The average Bonchev–Trinajstić information content (AvgIpc) is 2.93. The fourth-order valence-electron chi connectivity index (χ4n) is 3.52. The Labute approximate surface area is 168 Å². The molecule has 3 rings (SSSR count). The molecule has 152 valence electrons. The Kier molecular flexibility index (Phi) is 6.00. The summed E-state index contributed by atoms with van der Waals surface area (Å²) in [5.41, 5.74) is 1.61. The molecule has 1 aromatic heterocycles. The molecule has 0 unspecified atom stereocenters. The molecule has 1 aliphatic carbocycles. The minimum absolute atomic E-state index is 0.0389. The van der Waals surface area contributed by atoms with Crippen molar-refractivity contribution in [3.63, 3.8) is 0 Å². The van der Waals surface area contributed by atoms with Gasteiger partial charge < -0.3 is 19.6 Å². The van der Waals surface area contributed by atoms with Crippen molar-refractivity contribution in [2.45, 2.75) is 58.2 Å². The zero-order valence-electron chi connectivity index (χ0n) is 16.3. The zero-order chi connectivity index (χ0) is 20.5. The lowest BCUT2D eigenvalue weighted by Gasteiger charge is -2.26. The van der Waals surface area contributed by atoms with E-state index in [1.54, 1.807) is 0 Å². The van der Waals surface area contributed by atoms with Gasteiger partial charge in [0.15, 0.2) is 4.77 Å². The third kappa shape index (κ3) is 5.05. The summed E-state index contributed by atoms with van der Waals surface area (Å²) in [7, 11) is 0. The van der Waals surface area contributed by atoms with E-state index >= 15 is 0 Å². The highest BCUT2D eigenvalue weighted by Gasteiger charge is 2.24. The van der Waals surface area contributed by atoms with Gasteiger partial charge in [-0.3, -0.25) is 4.79 Å². The molecule has 5 nitrogen and oxygen atoms in total. The molecule has 0 bridgehead atoms. The highest BCUT2D eigenvalue weighted by atomic mass is 32.1. The molecular weight excluding hydrogens is 384 g/mol. The number of hydrogen-bond acceptors (Lipinski definition) is 4. The van der Waals surface area contributed by atoms with Gasteiger partial charge in [0.2, 0.25) is 0 Å². The topological polar surface area (TPSA) is 59.0 Å². The van der Waals surface area contributed by atoms with Gasteiger partial charge in [-0.2, -0.15) is 0 Å². The summed E-state index contributed by atoms with van der Waals surface area (Å²) < 4.78 is 35.2. The number of halogens is 2. The summed E-state index contributed by atoms with van der Waals surface area (Å²) in [5.74, 6) is -1.35. The number of carbonyl (C=O) groups excluding carboxylic acids is 1. The minimum Gasteiger partial charge on any atom is -0.459 e. The summed E-state index contributed by atoms with van der Waals surface area (Å²) in [6.07, 6.45) is 3.70. The lowest BCUT2D eigenvalue weighted by molar-refractivity contribution is -0.153. The van der Waals surface area contributed by atoms with Crippen molar-refractivity contribution >= 4 is 18.2 Å². The molecule has 1 heterocycles.